The molecule has 0 aliphatic rings. The van der Waals surface area contributed by atoms with E-state index in [1.165, 1.54) is 11.3 Å². The summed E-state index contributed by atoms with van der Waals surface area (Å²) in [5, 5.41) is 2.36. The van der Waals surface area contributed by atoms with Gasteiger partial charge in [0.1, 0.15) is 0 Å². The summed E-state index contributed by atoms with van der Waals surface area (Å²) in [5.74, 6) is -1.57. The van der Waals surface area contributed by atoms with E-state index in [0.717, 1.165) is 10.1 Å². The molecule has 0 saturated heterocycles. The Bertz CT molecular complexity index is 699. The zero-order chi connectivity index (χ0) is 13.8. The van der Waals surface area contributed by atoms with Gasteiger partial charge >= 0.3 is 11.7 Å². The van der Waals surface area contributed by atoms with Gasteiger partial charge in [0.15, 0.2) is 0 Å². The van der Waals surface area contributed by atoms with Crippen molar-refractivity contribution in [2.45, 2.75) is 6.92 Å². The molecule has 1 aromatic heterocycles. The van der Waals surface area contributed by atoms with E-state index in [9.17, 15) is 9.59 Å². The lowest BCUT2D eigenvalue weighted by Gasteiger charge is -1.97. The summed E-state index contributed by atoms with van der Waals surface area (Å²) in [6.45, 7) is 1.72. The van der Waals surface area contributed by atoms with E-state index < -0.39 is 17.5 Å². The molecular formula is C13H10N2O3S. The van der Waals surface area contributed by atoms with Gasteiger partial charge in [-0.15, -0.1) is 11.3 Å². The van der Waals surface area contributed by atoms with Crippen LogP contribution in [0.4, 0.5) is 0 Å². The van der Waals surface area contributed by atoms with Crippen molar-refractivity contribution in [1.82, 2.24) is 0 Å². The molecule has 5 nitrogen and oxygen atoms in total. The molecule has 96 valence electrons. The Morgan fingerprint density at radius 2 is 2.11 bits per heavy atom. The summed E-state index contributed by atoms with van der Waals surface area (Å²) in [6, 6.07) is 7.31. The Morgan fingerprint density at radius 1 is 1.37 bits per heavy atom. The highest BCUT2D eigenvalue weighted by Crippen LogP contribution is 2.26. The molecule has 0 aliphatic heterocycles. The number of nitrogens with zero attached hydrogens (tertiary/aromatic N) is 2. The molecule has 0 saturated carbocycles. The van der Waals surface area contributed by atoms with Crippen LogP contribution >= 0.6 is 11.3 Å². The van der Waals surface area contributed by atoms with Gasteiger partial charge in [-0.1, -0.05) is 18.2 Å². The van der Waals surface area contributed by atoms with Crippen LogP contribution in [0.1, 0.15) is 17.3 Å². The van der Waals surface area contributed by atoms with Crippen molar-refractivity contribution in [2.24, 2.45) is 0 Å². The Morgan fingerprint density at radius 3 is 2.79 bits per heavy atom. The van der Waals surface area contributed by atoms with E-state index in [1.807, 2.05) is 12.1 Å². The molecule has 0 radical (unpaired) electrons. The van der Waals surface area contributed by atoms with E-state index in [0.29, 0.717) is 5.56 Å². The first-order chi connectivity index (χ1) is 9.19. The molecule has 6 heteroatoms. The van der Waals surface area contributed by atoms with Crippen LogP contribution in [-0.4, -0.2) is 28.9 Å². The number of hydrogen-bond donors (Lipinski definition) is 0. The van der Waals surface area contributed by atoms with Gasteiger partial charge in [0.05, 0.1) is 6.61 Å². The van der Waals surface area contributed by atoms with Crippen LogP contribution < -0.4 is 0 Å². The highest BCUT2D eigenvalue weighted by atomic mass is 32.1. The van der Waals surface area contributed by atoms with E-state index in [1.54, 1.807) is 24.4 Å². The summed E-state index contributed by atoms with van der Waals surface area (Å²) in [5.41, 5.74) is 8.56. The number of fused-ring (bicyclic) bond motifs is 1. The first-order valence-corrected chi connectivity index (χ1v) is 6.47. The van der Waals surface area contributed by atoms with Crippen LogP contribution in [0.15, 0.2) is 29.6 Å². The van der Waals surface area contributed by atoms with Gasteiger partial charge in [-0.25, -0.2) is 4.79 Å². The van der Waals surface area contributed by atoms with Gasteiger partial charge < -0.3 is 10.3 Å². The number of thiophene rings is 1. The summed E-state index contributed by atoms with van der Waals surface area (Å²) in [6.07, 6.45) is 0. The van der Waals surface area contributed by atoms with Crippen LogP contribution in [0.2, 0.25) is 0 Å². The summed E-state index contributed by atoms with van der Waals surface area (Å²) < 4.78 is 5.60. The lowest BCUT2D eigenvalue weighted by molar-refractivity contribution is -0.139. The second-order valence-electron chi connectivity index (χ2n) is 3.64. The number of esters is 1. The molecule has 0 amide bonds. The maximum absolute atomic E-state index is 12.2. The second-order valence-corrected chi connectivity index (χ2v) is 4.55. The molecule has 0 bridgehead atoms. The van der Waals surface area contributed by atoms with Gasteiger partial charge in [0.25, 0.3) is 5.78 Å². The van der Waals surface area contributed by atoms with E-state index in [2.05, 4.69) is 9.53 Å². The zero-order valence-corrected chi connectivity index (χ0v) is 10.9. The Kier molecular flexibility index (Phi) is 3.85. The fourth-order valence-electron chi connectivity index (χ4n) is 1.66. The molecule has 2 rings (SSSR count). The number of ether oxygens (including phenoxy) is 1. The molecule has 1 heterocycles. The quantitative estimate of drug-likeness (QED) is 0.214. The summed E-state index contributed by atoms with van der Waals surface area (Å²) in [7, 11) is 0. The van der Waals surface area contributed by atoms with Crippen LogP contribution in [0.5, 0.6) is 0 Å². The highest BCUT2D eigenvalue weighted by Gasteiger charge is 2.33. The minimum atomic E-state index is -0.926. The van der Waals surface area contributed by atoms with Crippen molar-refractivity contribution >= 4 is 38.9 Å². The Hall–Kier alpha value is -2.30. The fourth-order valence-corrected chi connectivity index (χ4v) is 2.60. The molecule has 19 heavy (non-hydrogen) atoms. The number of hydrogen-bond acceptors (Lipinski definition) is 4. The van der Waals surface area contributed by atoms with Crippen LogP contribution in [0, 0.1) is 0 Å². The van der Waals surface area contributed by atoms with Gasteiger partial charge in [-0.3, -0.25) is 4.79 Å². The van der Waals surface area contributed by atoms with Gasteiger partial charge in [0, 0.05) is 21.0 Å². The smallest absolute Gasteiger partial charge is 0.446 e. The van der Waals surface area contributed by atoms with Crippen LogP contribution in [0.25, 0.3) is 15.6 Å². The van der Waals surface area contributed by atoms with Crippen molar-refractivity contribution in [2.75, 3.05) is 6.61 Å². The molecule has 0 fully saturated rings. The standard InChI is InChI=1S/C13H10N2O3S/c1-2-18-13(17)11(15-14)12(16)9-7-19-10-6-4-3-5-8(9)10/h3-7H,2H2,1H3. The van der Waals surface area contributed by atoms with Crippen molar-refractivity contribution < 1.29 is 19.1 Å². The number of carbonyl (C=O) groups excluding carboxylic acids is 2. The summed E-state index contributed by atoms with van der Waals surface area (Å²) >= 11 is 1.39. The average Bonchev–Trinajstić information content (AvgIpc) is 2.83. The number of Topliss-reactive ketones (excluding diaryl/α,β-unsaturated/α-hetero) is 1. The molecule has 2 aromatic rings. The second kappa shape index (κ2) is 5.56. The van der Waals surface area contributed by atoms with Gasteiger partial charge in [-0.2, -0.15) is 4.79 Å². The third-order valence-electron chi connectivity index (χ3n) is 2.51. The first-order valence-electron chi connectivity index (χ1n) is 5.59. The first kappa shape index (κ1) is 13.1. The molecule has 0 N–H and O–H groups in total. The lowest BCUT2D eigenvalue weighted by Crippen LogP contribution is -2.27. The lowest BCUT2D eigenvalue weighted by atomic mass is 10.1. The minimum absolute atomic E-state index is 0.107. The molecular weight excluding hydrogens is 264 g/mol. The monoisotopic (exact) mass is 274 g/mol. The van der Waals surface area contributed by atoms with Crippen LogP contribution in [0.3, 0.4) is 0 Å². The fraction of sp³-hybridized carbons (Fsp3) is 0.154. The number of benzene rings is 1. The minimum Gasteiger partial charge on any atom is -0.457 e. The average molecular weight is 274 g/mol. The van der Waals surface area contributed by atoms with Crippen LogP contribution in [-0.2, 0) is 9.53 Å². The Labute approximate surface area is 113 Å². The predicted molar refractivity (Wildman–Crippen MR) is 71.4 cm³/mol. The molecule has 1 aromatic carbocycles. The molecule has 0 aliphatic carbocycles. The maximum atomic E-state index is 12.2. The molecule has 0 unspecified atom stereocenters. The maximum Gasteiger partial charge on any atom is 0.446 e. The largest absolute Gasteiger partial charge is 0.457 e. The normalized spacial score (nSPS) is 9.95. The SMILES string of the molecule is CCOC(=O)C(=[N+]=[N-])C(=O)c1csc2ccccc12. The molecule has 0 spiro atoms. The van der Waals surface area contributed by atoms with Crippen molar-refractivity contribution in [3.05, 3.63) is 40.7 Å². The number of ketones is 1. The van der Waals surface area contributed by atoms with Crippen molar-refractivity contribution in [1.29, 1.82) is 0 Å². The third kappa shape index (κ3) is 2.45. The van der Waals surface area contributed by atoms with E-state index >= 15 is 0 Å². The zero-order valence-electron chi connectivity index (χ0n) is 10.1. The van der Waals surface area contributed by atoms with Gasteiger partial charge in [-0.05, 0) is 13.0 Å². The van der Waals surface area contributed by atoms with Crippen molar-refractivity contribution in [3.63, 3.8) is 0 Å². The summed E-state index contributed by atoms with van der Waals surface area (Å²) in [4.78, 5) is 26.5. The van der Waals surface area contributed by atoms with E-state index in [-0.39, 0.29) is 6.61 Å². The van der Waals surface area contributed by atoms with Gasteiger partial charge in [0.2, 0.25) is 0 Å². The van der Waals surface area contributed by atoms with Crippen molar-refractivity contribution in [3.8, 4) is 0 Å². The number of rotatable bonds is 4. The number of carbonyl (C=O) groups is 2. The predicted octanol–water partition coefficient (Wildman–Crippen LogP) is 2.32. The topological polar surface area (TPSA) is 79.8 Å². The highest BCUT2D eigenvalue weighted by molar-refractivity contribution is 7.17. The molecule has 0 atom stereocenters. The van der Waals surface area contributed by atoms with E-state index in [4.69, 9.17) is 5.53 Å². The third-order valence-corrected chi connectivity index (χ3v) is 3.47. The Balaban J connectivity index is 2.44.